The number of hydrogen-bond acceptors (Lipinski definition) is 5. The number of amides is 1. The van der Waals surface area contributed by atoms with Gasteiger partial charge in [0.1, 0.15) is 5.69 Å². The van der Waals surface area contributed by atoms with Crippen molar-refractivity contribution in [3.63, 3.8) is 0 Å². The molecule has 0 radical (unpaired) electrons. The molecule has 7 heteroatoms. The van der Waals surface area contributed by atoms with Crippen LogP contribution in [0.3, 0.4) is 0 Å². The molecule has 3 N–H and O–H groups in total. The highest BCUT2D eigenvalue weighted by Crippen LogP contribution is 2.25. The van der Waals surface area contributed by atoms with E-state index in [0.29, 0.717) is 18.8 Å². The second-order valence-corrected chi connectivity index (χ2v) is 6.48. The summed E-state index contributed by atoms with van der Waals surface area (Å²) in [5.74, 6) is -0.330. The van der Waals surface area contributed by atoms with Crippen molar-refractivity contribution in [3.05, 3.63) is 64.2 Å². The Morgan fingerprint density at radius 2 is 1.96 bits per heavy atom. The number of carbonyl (C=O) groups is 1. The van der Waals surface area contributed by atoms with E-state index in [1.54, 1.807) is 18.2 Å². The van der Waals surface area contributed by atoms with Crippen molar-refractivity contribution < 1.29 is 9.72 Å². The zero-order chi connectivity index (χ0) is 18.5. The van der Waals surface area contributed by atoms with Crippen molar-refractivity contribution in [1.82, 2.24) is 0 Å². The molecule has 1 heterocycles. The topological polar surface area (TPSA) is 102 Å². The lowest BCUT2D eigenvalue weighted by Crippen LogP contribution is -2.41. The highest BCUT2D eigenvalue weighted by Gasteiger charge is 2.24. The Balaban J connectivity index is 1.63. The van der Waals surface area contributed by atoms with Crippen LogP contribution in [0.4, 0.5) is 17.1 Å². The Morgan fingerprint density at radius 1 is 1.23 bits per heavy atom. The minimum absolute atomic E-state index is 0.0648. The Kier molecular flexibility index (Phi) is 5.36. The van der Waals surface area contributed by atoms with Crippen molar-refractivity contribution in [2.24, 2.45) is 11.7 Å². The summed E-state index contributed by atoms with van der Waals surface area (Å²) in [6.45, 7) is 2.07. The van der Waals surface area contributed by atoms with Crippen molar-refractivity contribution in [3.8, 4) is 0 Å². The lowest BCUT2D eigenvalue weighted by molar-refractivity contribution is -0.384. The largest absolute Gasteiger partial charge is 0.375 e. The van der Waals surface area contributed by atoms with Crippen molar-refractivity contribution in [2.45, 2.75) is 19.4 Å². The number of hydrogen-bond donors (Lipinski definition) is 2. The van der Waals surface area contributed by atoms with Crippen molar-refractivity contribution in [1.29, 1.82) is 0 Å². The molecule has 0 aromatic heterocycles. The molecule has 26 heavy (non-hydrogen) atoms. The molecule has 136 valence electrons. The fourth-order valence-corrected chi connectivity index (χ4v) is 3.25. The average molecular weight is 354 g/mol. The fraction of sp³-hybridized carbons (Fsp3) is 0.316. The number of primary amides is 1. The summed E-state index contributed by atoms with van der Waals surface area (Å²) >= 11 is 0. The molecule has 1 atom stereocenters. The van der Waals surface area contributed by atoms with Gasteiger partial charge in [-0.3, -0.25) is 14.9 Å². The zero-order valence-corrected chi connectivity index (χ0v) is 14.4. The number of piperidine rings is 1. The summed E-state index contributed by atoms with van der Waals surface area (Å²) in [5, 5.41) is 14.2. The number of nitrogens with two attached hydrogens (primary N) is 1. The van der Waals surface area contributed by atoms with Gasteiger partial charge in [0.05, 0.1) is 10.8 Å². The van der Waals surface area contributed by atoms with Gasteiger partial charge in [0, 0.05) is 31.4 Å². The van der Waals surface area contributed by atoms with Gasteiger partial charge >= 0.3 is 0 Å². The fourth-order valence-electron chi connectivity index (χ4n) is 3.25. The first kappa shape index (κ1) is 17.7. The maximum absolute atomic E-state index is 11.4. The van der Waals surface area contributed by atoms with Crippen LogP contribution in [0.15, 0.2) is 48.5 Å². The Labute approximate surface area is 152 Å². The third-order valence-electron chi connectivity index (χ3n) is 4.71. The monoisotopic (exact) mass is 354 g/mol. The van der Waals surface area contributed by atoms with Gasteiger partial charge < -0.3 is 16.0 Å². The van der Waals surface area contributed by atoms with Crippen LogP contribution in [-0.4, -0.2) is 23.9 Å². The van der Waals surface area contributed by atoms with Gasteiger partial charge in [-0.1, -0.05) is 24.3 Å². The summed E-state index contributed by atoms with van der Waals surface area (Å²) in [4.78, 5) is 24.3. The van der Waals surface area contributed by atoms with Gasteiger partial charge in [-0.15, -0.1) is 0 Å². The SMILES string of the molecule is NC(=O)[C@@H]1CCCN(c2ccc(CNc3ccccc3[N+](=O)[O-])cc2)C1. The standard InChI is InChI=1S/C19H22N4O3/c20-19(24)15-4-3-11-22(13-15)16-9-7-14(8-10-16)12-21-17-5-1-2-6-18(17)23(25)26/h1-2,5-10,15,21H,3-4,11-13H2,(H2,20,24)/t15-/m1/s1. The quantitative estimate of drug-likeness (QED) is 0.613. The van der Waals surface area contributed by atoms with E-state index in [1.807, 2.05) is 24.3 Å². The maximum atomic E-state index is 11.4. The van der Waals surface area contributed by atoms with Gasteiger partial charge in [-0.25, -0.2) is 0 Å². The lowest BCUT2D eigenvalue weighted by atomic mass is 9.97. The molecule has 2 aromatic carbocycles. The summed E-state index contributed by atoms with van der Waals surface area (Å²) in [7, 11) is 0. The van der Waals surface area contributed by atoms with E-state index in [0.717, 1.165) is 30.6 Å². The van der Waals surface area contributed by atoms with Crippen molar-refractivity contribution >= 4 is 23.0 Å². The number of nitro benzene ring substituents is 1. The van der Waals surface area contributed by atoms with Crippen LogP contribution < -0.4 is 16.0 Å². The maximum Gasteiger partial charge on any atom is 0.292 e. The van der Waals surface area contributed by atoms with E-state index in [1.165, 1.54) is 6.07 Å². The van der Waals surface area contributed by atoms with Gasteiger partial charge in [-0.2, -0.15) is 0 Å². The van der Waals surface area contributed by atoms with E-state index in [-0.39, 0.29) is 17.5 Å². The summed E-state index contributed by atoms with van der Waals surface area (Å²) in [6.07, 6.45) is 1.80. The first-order valence-corrected chi connectivity index (χ1v) is 8.65. The molecule has 1 aliphatic heterocycles. The average Bonchev–Trinajstić information content (AvgIpc) is 2.67. The molecule has 1 saturated heterocycles. The van der Waals surface area contributed by atoms with Crippen LogP contribution in [0.1, 0.15) is 18.4 Å². The third kappa shape index (κ3) is 4.11. The van der Waals surface area contributed by atoms with Crippen LogP contribution in [0.2, 0.25) is 0 Å². The molecule has 1 amide bonds. The molecule has 0 bridgehead atoms. The number of para-hydroxylation sites is 2. The molecule has 0 unspecified atom stereocenters. The van der Waals surface area contributed by atoms with E-state index >= 15 is 0 Å². The van der Waals surface area contributed by atoms with Gasteiger partial charge in [0.15, 0.2) is 0 Å². The number of carbonyl (C=O) groups excluding carboxylic acids is 1. The highest BCUT2D eigenvalue weighted by molar-refractivity contribution is 5.77. The van der Waals surface area contributed by atoms with Gasteiger partial charge in [0.2, 0.25) is 5.91 Å². The van der Waals surface area contributed by atoms with Crippen LogP contribution in [0, 0.1) is 16.0 Å². The van der Waals surface area contributed by atoms with E-state index in [9.17, 15) is 14.9 Å². The molecular formula is C19H22N4O3. The number of rotatable bonds is 6. The smallest absolute Gasteiger partial charge is 0.292 e. The van der Waals surface area contributed by atoms with Gasteiger partial charge in [0.25, 0.3) is 5.69 Å². The Morgan fingerprint density at radius 3 is 2.65 bits per heavy atom. The molecule has 1 fully saturated rings. The van der Waals surface area contributed by atoms with Crippen LogP contribution in [0.25, 0.3) is 0 Å². The first-order valence-electron chi connectivity index (χ1n) is 8.65. The predicted molar refractivity (Wildman–Crippen MR) is 101 cm³/mol. The summed E-state index contributed by atoms with van der Waals surface area (Å²) in [6, 6.07) is 14.6. The number of nitrogens with one attached hydrogen (secondary N) is 1. The Hall–Kier alpha value is -3.09. The first-order chi connectivity index (χ1) is 12.5. The molecule has 1 aliphatic rings. The van der Waals surface area contributed by atoms with Crippen molar-refractivity contribution in [2.75, 3.05) is 23.3 Å². The summed E-state index contributed by atoms with van der Waals surface area (Å²) in [5.41, 5.74) is 8.09. The minimum atomic E-state index is -0.392. The van der Waals surface area contributed by atoms with E-state index < -0.39 is 4.92 Å². The lowest BCUT2D eigenvalue weighted by Gasteiger charge is -2.33. The molecule has 2 aromatic rings. The molecule has 3 rings (SSSR count). The normalized spacial score (nSPS) is 16.9. The van der Waals surface area contributed by atoms with E-state index in [4.69, 9.17) is 5.73 Å². The predicted octanol–water partition coefficient (Wildman–Crippen LogP) is 2.91. The highest BCUT2D eigenvalue weighted by atomic mass is 16.6. The molecule has 0 aliphatic carbocycles. The number of benzene rings is 2. The zero-order valence-electron chi connectivity index (χ0n) is 14.4. The Bertz CT molecular complexity index is 792. The van der Waals surface area contributed by atoms with Crippen LogP contribution in [0.5, 0.6) is 0 Å². The van der Waals surface area contributed by atoms with Crippen LogP contribution in [-0.2, 0) is 11.3 Å². The summed E-state index contributed by atoms with van der Waals surface area (Å²) < 4.78 is 0. The minimum Gasteiger partial charge on any atom is -0.375 e. The number of nitro groups is 1. The third-order valence-corrected chi connectivity index (χ3v) is 4.71. The molecule has 0 saturated carbocycles. The van der Waals surface area contributed by atoms with Crippen LogP contribution >= 0.6 is 0 Å². The number of anilines is 2. The van der Waals surface area contributed by atoms with Gasteiger partial charge in [-0.05, 0) is 36.6 Å². The molecular weight excluding hydrogens is 332 g/mol. The number of nitrogens with zero attached hydrogens (tertiary/aromatic N) is 2. The molecule has 0 spiro atoms. The van der Waals surface area contributed by atoms with E-state index in [2.05, 4.69) is 10.2 Å². The second-order valence-electron chi connectivity index (χ2n) is 6.48. The second kappa shape index (κ2) is 7.86. The molecule has 7 nitrogen and oxygen atoms in total.